The molecule has 2 N–H and O–H groups in total. The van der Waals surface area contributed by atoms with Crippen LogP contribution in [0.1, 0.15) is 22.1 Å². The molecule has 1 amide bonds. The minimum atomic E-state index is -0.266. The van der Waals surface area contributed by atoms with E-state index in [1.165, 1.54) is 6.20 Å². The summed E-state index contributed by atoms with van der Waals surface area (Å²) in [6, 6.07) is 9.61. The molecule has 7 nitrogen and oxygen atoms in total. The molecular formula is C14H14N6O. The molecule has 0 spiro atoms. The summed E-state index contributed by atoms with van der Waals surface area (Å²) in [6.45, 7) is 0.591. The molecule has 1 atom stereocenters. The lowest BCUT2D eigenvalue weighted by Crippen LogP contribution is -2.31. The lowest BCUT2D eigenvalue weighted by atomic mass is 10.1. The van der Waals surface area contributed by atoms with Crippen LogP contribution in [0, 0.1) is 0 Å². The number of aromatic amines is 1. The first-order chi connectivity index (χ1) is 10.3. The molecule has 0 aliphatic heterocycles. The Hall–Kier alpha value is -2.96. The highest BCUT2D eigenvalue weighted by Gasteiger charge is 2.17. The molecule has 2 aromatic heterocycles. The largest absolute Gasteiger partial charge is 0.342 e. The molecular weight excluding hydrogens is 268 g/mol. The van der Waals surface area contributed by atoms with Crippen LogP contribution >= 0.6 is 0 Å². The van der Waals surface area contributed by atoms with Gasteiger partial charge in [0.25, 0.3) is 5.91 Å². The van der Waals surface area contributed by atoms with Crippen molar-refractivity contribution in [1.29, 1.82) is 0 Å². The second kappa shape index (κ2) is 6.00. The molecule has 3 aromatic rings. The summed E-state index contributed by atoms with van der Waals surface area (Å²) in [5.74, 6) is -0.266. The van der Waals surface area contributed by atoms with Crippen molar-refractivity contribution in [3.05, 3.63) is 66.5 Å². The smallest absolute Gasteiger partial charge is 0.274 e. The Morgan fingerprint density at radius 2 is 2.19 bits per heavy atom. The van der Waals surface area contributed by atoms with Crippen LogP contribution in [0.25, 0.3) is 0 Å². The van der Waals surface area contributed by atoms with Crippen LogP contribution in [0.4, 0.5) is 0 Å². The van der Waals surface area contributed by atoms with Gasteiger partial charge in [0, 0.05) is 18.9 Å². The third-order valence-electron chi connectivity index (χ3n) is 3.11. The van der Waals surface area contributed by atoms with Gasteiger partial charge in [0.15, 0.2) is 5.69 Å². The number of amides is 1. The van der Waals surface area contributed by atoms with Crippen molar-refractivity contribution < 1.29 is 4.79 Å². The summed E-state index contributed by atoms with van der Waals surface area (Å²) in [7, 11) is 0. The van der Waals surface area contributed by atoms with Crippen molar-refractivity contribution in [2.45, 2.75) is 12.6 Å². The predicted molar refractivity (Wildman–Crippen MR) is 75.3 cm³/mol. The van der Waals surface area contributed by atoms with Gasteiger partial charge in [0.05, 0.1) is 18.6 Å². The number of H-pyrrole nitrogens is 1. The average molecular weight is 282 g/mol. The fourth-order valence-electron chi connectivity index (χ4n) is 2.07. The quantitative estimate of drug-likeness (QED) is 0.735. The first-order valence-electron chi connectivity index (χ1n) is 6.50. The number of carbonyl (C=O) groups excluding carboxylic acids is 1. The monoisotopic (exact) mass is 282 g/mol. The third kappa shape index (κ3) is 3.14. The molecule has 0 bridgehead atoms. The lowest BCUT2D eigenvalue weighted by molar-refractivity contribution is 0.0927. The number of benzene rings is 1. The number of carbonyl (C=O) groups is 1. The van der Waals surface area contributed by atoms with Crippen molar-refractivity contribution in [1.82, 2.24) is 30.3 Å². The summed E-state index contributed by atoms with van der Waals surface area (Å²) in [6.07, 6.45) is 6.69. The van der Waals surface area contributed by atoms with Crippen molar-refractivity contribution in [3.63, 3.8) is 0 Å². The van der Waals surface area contributed by atoms with Gasteiger partial charge in [-0.3, -0.25) is 4.79 Å². The molecule has 2 heterocycles. The van der Waals surface area contributed by atoms with Crippen LogP contribution < -0.4 is 5.32 Å². The second-order valence-corrected chi connectivity index (χ2v) is 4.55. The van der Waals surface area contributed by atoms with E-state index in [0.29, 0.717) is 6.54 Å². The molecule has 0 aliphatic carbocycles. The predicted octanol–water partition coefficient (Wildman–Crippen LogP) is 1.17. The Labute approximate surface area is 121 Å². The summed E-state index contributed by atoms with van der Waals surface area (Å²) >= 11 is 0. The first kappa shape index (κ1) is 13.0. The zero-order valence-corrected chi connectivity index (χ0v) is 11.2. The number of aromatic nitrogens is 5. The topological polar surface area (TPSA) is 88.5 Å². The van der Waals surface area contributed by atoms with Crippen molar-refractivity contribution in [2.75, 3.05) is 0 Å². The standard InChI is InChI=1S/C14H14N6O/c21-14(12-8-16-19-18-12)17-13(9-20-7-6-15-10-20)11-4-2-1-3-5-11/h1-8,10,13H,9H2,(H,17,21)(H,16,18,19). The average Bonchev–Trinajstić information content (AvgIpc) is 3.21. The number of hydrogen-bond donors (Lipinski definition) is 2. The minimum Gasteiger partial charge on any atom is -0.342 e. The van der Waals surface area contributed by atoms with Gasteiger partial charge < -0.3 is 9.88 Å². The van der Waals surface area contributed by atoms with Gasteiger partial charge in [0.1, 0.15) is 0 Å². The Balaban J connectivity index is 1.80. The van der Waals surface area contributed by atoms with Crippen molar-refractivity contribution >= 4 is 5.91 Å². The molecule has 0 saturated carbocycles. The number of hydrogen-bond acceptors (Lipinski definition) is 4. The van der Waals surface area contributed by atoms with Crippen LogP contribution in [0.3, 0.4) is 0 Å². The van der Waals surface area contributed by atoms with E-state index in [1.807, 2.05) is 41.1 Å². The summed E-state index contributed by atoms with van der Waals surface area (Å²) in [5.41, 5.74) is 1.28. The zero-order valence-electron chi connectivity index (χ0n) is 11.2. The highest BCUT2D eigenvalue weighted by molar-refractivity contribution is 5.92. The van der Waals surface area contributed by atoms with Crippen LogP contribution in [0.15, 0.2) is 55.2 Å². The Kier molecular flexibility index (Phi) is 3.72. The molecule has 21 heavy (non-hydrogen) atoms. The van der Waals surface area contributed by atoms with Crippen LogP contribution in [0.2, 0.25) is 0 Å². The Morgan fingerprint density at radius 1 is 1.33 bits per heavy atom. The molecule has 1 unspecified atom stereocenters. The maximum atomic E-state index is 12.2. The summed E-state index contributed by atoms with van der Waals surface area (Å²) in [5, 5.41) is 12.8. The van der Waals surface area contributed by atoms with Gasteiger partial charge in [-0.25, -0.2) is 4.98 Å². The molecule has 0 radical (unpaired) electrons. The van der Waals surface area contributed by atoms with Crippen LogP contribution in [0.5, 0.6) is 0 Å². The van der Waals surface area contributed by atoms with Gasteiger partial charge in [-0.15, -0.1) is 0 Å². The Morgan fingerprint density at radius 3 is 2.86 bits per heavy atom. The van der Waals surface area contributed by atoms with Crippen molar-refractivity contribution in [3.8, 4) is 0 Å². The van der Waals surface area contributed by atoms with E-state index in [-0.39, 0.29) is 17.6 Å². The minimum absolute atomic E-state index is 0.176. The van der Waals surface area contributed by atoms with Gasteiger partial charge >= 0.3 is 0 Å². The van der Waals surface area contributed by atoms with E-state index in [2.05, 4.69) is 25.7 Å². The number of nitrogens with zero attached hydrogens (tertiary/aromatic N) is 4. The van der Waals surface area contributed by atoms with E-state index in [0.717, 1.165) is 5.56 Å². The first-order valence-corrected chi connectivity index (χ1v) is 6.50. The normalized spacial score (nSPS) is 12.0. The van der Waals surface area contributed by atoms with E-state index >= 15 is 0 Å². The van der Waals surface area contributed by atoms with Gasteiger partial charge in [-0.05, 0) is 5.56 Å². The van der Waals surface area contributed by atoms with E-state index < -0.39 is 0 Å². The number of rotatable bonds is 5. The number of nitrogens with one attached hydrogen (secondary N) is 2. The van der Waals surface area contributed by atoms with Gasteiger partial charge in [-0.2, -0.15) is 15.4 Å². The van der Waals surface area contributed by atoms with E-state index in [4.69, 9.17) is 0 Å². The summed E-state index contributed by atoms with van der Waals surface area (Å²) < 4.78 is 1.92. The molecule has 0 fully saturated rings. The molecule has 106 valence electrons. The fraction of sp³-hybridized carbons (Fsp3) is 0.143. The molecule has 0 aliphatic rings. The maximum Gasteiger partial charge on any atom is 0.274 e. The van der Waals surface area contributed by atoms with E-state index in [1.54, 1.807) is 12.5 Å². The highest BCUT2D eigenvalue weighted by Crippen LogP contribution is 2.15. The molecule has 1 aromatic carbocycles. The fourth-order valence-corrected chi connectivity index (χ4v) is 2.07. The van der Waals surface area contributed by atoms with Gasteiger partial charge in [-0.1, -0.05) is 30.3 Å². The number of imidazole rings is 1. The van der Waals surface area contributed by atoms with E-state index in [9.17, 15) is 4.79 Å². The maximum absolute atomic E-state index is 12.2. The highest BCUT2D eigenvalue weighted by atomic mass is 16.2. The summed E-state index contributed by atoms with van der Waals surface area (Å²) in [4.78, 5) is 16.2. The third-order valence-corrected chi connectivity index (χ3v) is 3.11. The van der Waals surface area contributed by atoms with Crippen molar-refractivity contribution in [2.24, 2.45) is 0 Å². The molecule has 0 saturated heterocycles. The van der Waals surface area contributed by atoms with Crippen LogP contribution in [-0.4, -0.2) is 30.9 Å². The molecule has 3 rings (SSSR count). The van der Waals surface area contributed by atoms with Crippen LogP contribution in [-0.2, 0) is 6.54 Å². The zero-order chi connectivity index (χ0) is 14.5. The molecule has 7 heteroatoms. The second-order valence-electron chi connectivity index (χ2n) is 4.55. The lowest BCUT2D eigenvalue weighted by Gasteiger charge is -2.19. The van der Waals surface area contributed by atoms with Gasteiger partial charge in [0.2, 0.25) is 0 Å². The SMILES string of the molecule is O=C(NC(Cn1ccnc1)c1ccccc1)c1cn[nH]n1. The Bertz CT molecular complexity index is 678.